The molecule has 184 valence electrons. The smallest absolute Gasteiger partial charge is 0.248 e. The van der Waals surface area contributed by atoms with Crippen molar-refractivity contribution in [2.45, 2.75) is 20.1 Å². The molecule has 36 heavy (non-hydrogen) atoms. The molecular formula is C29H29N3O4. The van der Waals surface area contributed by atoms with Gasteiger partial charge in [0.05, 0.1) is 32.6 Å². The summed E-state index contributed by atoms with van der Waals surface area (Å²) < 4.78 is 18.5. The standard InChI is InChI=1S/C29H29N3O4/c1-21-7-4-5-10-27(21)36-20-24-15-22(11-13-28(24)35-3)12-14-29(33)31-25-17-30-32(19-25)18-23-8-6-9-26(16-23)34-2/h4-17,19H,18,20H2,1-3H3,(H,31,33)/b14-12+. The van der Waals surface area contributed by atoms with Crippen molar-refractivity contribution in [3.8, 4) is 17.2 Å². The number of aromatic nitrogens is 2. The van der Waals surface area contributed by atoms with Gasteiger partial charge >= 0.3 is 0 Å². The SMILES string of the molecule is COc1cccc(Cn2cc(NC(=O)/C=C/c3ccc(OC)c(COc4ccccc4C)c3)cn2)c1. The summed E-state index contributed by atoms with van der Waals surface area (Å²) in [6, 6.07) is 21.4. The van der Waals surface area contributed by atoms with Crippen LogP contribution >= 0.6 is 0 Å². The van der Waals surface area contributed by atoms with Crippen LogP contribution < -0.4 is 19.5 Å². The zero-order valence-electron chi connectivity index (χ0n) is 20.6. The molecule has 1 amide bonds. The Kier molecular flexibility index (Phi) is 8.03. The van der Waals surface area contributed by atoms with Crippen molar-refractivity contribution in [3.63, 3.8) is 0 Å². The molecular weight excluding hydrogens is 454 g/mol. The number of nitrogens with zero attached hydrogens (tertiary/aromatic N) is 2. The molecule has 4 aromatic rings. The second-order valence-electron chi connectivity index (χ2n) is 8.23. The molecule has 0 radical (unpaired) electrons. The predicted molar refractivity (Wildman–Crippen MR) is 140 cm³/mol. The van der Waals surface area contributed by atoms with Gasteiger partial charge in [-0.2, -0.15) is 5.10 Å². The number of hydrogen-bond donors (Lipinski definition) is 1. The van der Waals surface area contributed by atoms with E-state index in [4.69, 9.17) is 14.2 Å². The Morgan fingerprint density at radius 1 is 1.00 bits per heavy atom. The second kappa shape index (κ2) is 11.8. The van der Waals surface area contributed by atoms with Gasteiger partial charge in [0.25, 0.3) is 0 Å². The number of methoxy groups -OCH3 is 2. The highest BCUT2D eigenvalue weighted by atomic mass is 16.5. The first kappa shape index (κ1) is 24.6. The summed E-state index contributed by atoms with van der Waals surface area (Å²) >= 11 is 0. The number of ether oxygens (including phenoxy) is 3. The summed E-state index contributed by atoms with van der Waals surface area (Å²) in [7, 11) is 3.27. The zero-order chi connectivity index (χ0) is 25.3. The lowest BCUT2D eigenvalue weighted by Crippen LogP contribution is -2.07. The number of carbonyl (C=O) groups is 1. The van der Waals surface area contributed by atoms with Gasteiger partial charge in [-0.05, 0) is 60.0 Å². The largest absolute Gasteiger partial charge is 0.497 e. The Morgan fingerprint density at radius 3 is 2.67 bits per heavy atom. The van der Waals surface area contributed by atoms with Crippen LogP contribution in [0.4, 0.5) is 5.69 Å². The number of aryl methyl sites for hydroxylation is 1. The van der Waals surface area contributed by atoms with E-state index < -0.39 is 0 Å². The van der Waals surface area contributed by atoms with E-state index in [9.17, 15) is 4.79 Å². The van der Waals surface area contributed by atoms with Crippen molar-refractivity contribution >= 4 is 17.7 Å². The highest BCUT2D eigenvalue weighted by Gasteiger charge is 2.07. The van der Waals surface area contributed by atoms with Crippen molar-refractivity contribution in [1.29, 1.82) is 0 Å². The number of anilines is 1. The Labute approximate surface area is 210 Å². The Hall–Kier alpha value is -4.52. The molecule has 7 heteroatoms. The fourth-order valence-electron chi connectivity index (χ4n) is 3.72. The van der Waals surface area contributed by atoms with E-state index in [0.717, 1.165) is 39.5 Å². The topological polar surface area (TPSA) is 74.6 Å². The number of rotatable bonds is 10. The lowest BCUT2D eigenvalue weighted by molar-refractivity contribution is -0.111. The lowest BCUT2D eigenvalue weighted by atomic mass is 10.1. The fourth-order valence-corrected chi connectivity index (χ4v) is 3.72. The molecule has 0 spiro atoms. The van der Waals surface area contributed by atoms with E-state index in [0.29, 0.717) is 18.8 Å². The maximum absolute atomic E-state index is 12.5. The number of amides is 1. The Morgan fingerprint density at radius 2 is 1.86 bits per heavy atom. The quantitative estimate of drug-likeness (QED) is 0.302. The van der Waals surface area contributed by atoms with Crippen LogP contribution in [-0.2, 0) is 17.9 Å². The van der Waals surface area contributed by atoms with Crippen molar-refractivity contribution < 1.29 is 19.0 Å². The van der Waals surface area contributed by atoms with E-state index >= 15 is 0 Å². The van der Waals surface area contributed by atoms with Crippen LogP contribution in [0.3, 0.4) is 0 Å². The fraction of sp³-hybridized carbons (Fsp3) is 0.172. The molecule has 1 N–H and O–H groups in total. The van der Waals surface area contributed by atoms with Gasteiger partial charge in [-0.25, -0.2) is 0 Å². The number of nitrogens with one attached hydrogen (secondary N) is 1. The minimum Gasteiger partial charge on any atom is -0.497 e. The van der Waals surface area contributed by atoms with E-state index in [1.165, 1.54) is 6.08 Å². The normalized spacial score (nSPS) is 10.9. The first-order valence-corrected chi connectivity index (χ1v) is 11.5. The molecule has 4 rings (SSSR count). The van der Waals surface area contributed by atoms with Crippen molar-refractivity contribution in [2.24, 2.45) is 0 Å². The van der Waals surface area contributed by atoms with Gasteiger partial charge in [0.1, 0.15) is 23.9 Å². The molecule has 0 fully saturated rings. The van der Waals surface area contributed by atoms with Gasteiger partial charge < -0.3 is 19.5 Å². The highest BCUT2D eigenvalue weighted by molar-refractivity contribution is 6.01. The number of para-hydroxylation sites is 1. The van der Waals surface area contributed by atoms with E-state index in [1.54, 1.807) is 37.4 Å². The molecule has 1 heterocycles. The summed E-state index contributed by atoms with van der Waals surface area (Å²) in [5.41, 5.74) is 4.49. The third-order valence-corrected chi connectivity index (χ3v) is 5.59. The minimum absolute atomic E-state index is 0.246. The average Bonchev–Trinajstić information content (AvgIpc) is 3.33. The molecule has 0 aliphatic rings. The molecule has 0 saturated carbocycles. The Balaban J connectivity index is 1.37. The molecule has 0 atom stereocenters. The van der Waals surface area contributed by atoms with Gasteiger partial charge in [-0.3, -0.25) is 9.48 Å². The molecule has 3 aromatic carbocycles. The third kappa shape index (κ3) is 6.54. The van der Waals surface area contributed by atoms with Crippen molar-refractivity contribution in [3.05, 3.63) is 107 Å². The summed E-state index contributed by atoms with van der Waals surface area (Å²) in [4.78, 5) is 12.5. The summed E-state index contributed by atoms with van der Waals surface area (Å²) in [6.07, 6.45) is 6.67. The van der Waals surface area contributed by atoms with Gasteiger partial charge in [0.15, 0.2) is 0 Å². The molecule has 0 aliphatic carbocycles. The van der Waals surface area contributed by atoms with Crippen LogP contribution in [0.15, 0.2) is 85.2 Å². The Bertz CT molecular complexity index is 1360. The molecule has 7 nitrogen and oxygen atoms in total. The summed E-state index contributed by atoms with van der Waals surface area (Å²) in [6.45, 7) is 2.93. The predicted octanol–water partition coefficient (Wildman–Crippen LogP) is 5.49. The van der Waals surface area contributed by atoms with Crippen LogP contribution in [0.5, 0.6) is 17.2 Å². The van der Waals surface area contributed by atoms with Gasteiger partial charge in [-0.1, -0.05) is 36.4 Å². The summed E-state index contributed by atoms with van der Waals surface area (Å²) in [5, 5.41) is 7.18. The zero-order valence-corrected chi connectivity index (χ0v) is 20.6. The van der Waals surface area contributed by atoms with Crippen molar-refractivity contribution in [1.82, 2.24) is 9.78 Å². The highest BCUT2D eigenvalue weighted by Crippen LogP contribution is 2.24. The minimum atomic E-state index is -0.246. The first-order valence-electron chi connectivity index (χ1n) is 11.5. The molecule has 0 unspecified atom stereocenters. The van der Waals surface area contributed by atoms with Crippen molar-refractivity contribution in [2.75, 3.05) is 19.5 Å². The van der Waals surface area contributed by atoms with E-state index in [1.807, 2.05) is 73.7 Å². The van der Waals surface area contributed by atoms with Crippen LogP contribution in [0.2, 0.25) is 0 Å². The van der Waals surface area contributed by atoms with Crippen LogP contribution in [0, 0.1) is 6.92 Å². The van der Waals surface area contributed by atoms with E-state index in [2.05, 4.69) is 10.4 Å². The van der Waals surface area contributed by atoms with Gasteiger partial charge in [0, 0.05) is 17.8 Å². The summed E-state index contributed by atoms with van der Waals surface area (Å²) in [5.74, 6) is 2.10. The molecule has 0 saturated heterocycles. The molecule has 1 aromatic heterocycles. The molecule has 0 bridgehead atoms. The monoisotopic (exact) mass is 483 g/mol. The number of hydrogen-bond acceptors (Lipinski definition) is 5. The van der Waals surface area contributed by atoms with Crippen LogP contribution in [-0.4, -0.2) is 29.9 Å². The van der Waals surface area contributed by atoms with Crippen LogP contribution in [0.1, 0.15) is 22.3 Å². The number of benzene rings is 3. The molecule has 0 aliphatic heterocycles. The maximum atomic E-state index is 12.5. The van der Waals surface area contributed by atoms with Gasteiger partial charge in [0.2, 0.25) is 5.91 Å². The third-order valence-electron chi connectivity index (χ3n) is 5.59. The van der Waals surface area contributed by atoms with E-state index in [-0.39, 0.29) is 5.91 Å². The second-order valence-corrected chi connectivity index (χ2v) is 8.23. The van der Waals surface area contributed by atoms with Gasteiger partial charge in [-0.15, -0.1) is 0 Å². The first-order chi connectivity index (χ1) is 17.5. The number of carbonyl (C=O) groups excluding carboxylic acids is 1. The lowest BCUT2D eigenvalue weighted by Gasteiger charge is -2.12. The average molecular weight is 484 g/mol. The van der Waals surface area contributed by atoms with Crippen LogP contribution in [0.25, 0.3) is 6.08 Å². The maximum Gasteiger partial charge on any atom is 0.248 e.